The van der Waals surface area contributed by atoms with Crippen molar-refractivity contribution >= 4 is 0 Å². The van der Waals surface area contributed by atoms with Gasteiger partial charge in [0.1, 0.15) is 0 Å². The molecule has 1 spiro atoms. The zero-order valence-corrected chi connectivity index (χ0v) is 9.89. The molecule has 2 saturated carbocycles. The third-order valence-corrected chi connectivity index (χ3v) is 4.69. The number of rotatable bonds is 3. The summed E-state index contributed by atoms with van der Waals surface area (Å²) in [4.78, 5) is 2.48. The van der Waals surface area contributed by atoms with Crippen LogP contribution >= 0.6 is 0 Å². The average Bonchev–Trinajstić information content (AvgIpc) is 2.16. The van der Waals surface area contributed by atoms with Crippen molar-refractivity contribution in [2.24, 2.45) is 11.3 Å². The summed E-state index contributed by atoms with van der Waals surface area (Å²) in [6.45, 7) is 4.81. The molecule has 14 heavy (non-hydrogen) atoms. The molecule has 0 aromatic rings. The van der Waals surface area contributed by atoms with Gasteiger partial charge >= 0.3 is 0 Å². The molecule has 0 aromatic heterocycles. The highest BCUT2D eigenvalue weighted by Crippen LogP contribution is 2.52. The fourth-order valence-electron chi connectivity index (χ4n) is 3.22. The maximum Gasteiger partial charge on any atom is 0.000650 e. The van der Waals surface area contributed by atoms with Gasteiger partial charge in [-0.25, -0.2) is 0 Å². The molecule has 0 aliphatic heterocycles. The number of hydrogen-bond acceptors (Lipinski definition) is 1. The predicted octanol–water partition coefficient (Wildman–Crippen LogP) is 3.30. The van der Waals surface area contributed by atoms with E-state index in [0.717, 1.165) is 11.3 Å². The minimum absolute atomic E-state index is 0.848. The van der Waals surface area contributed by atoms with E-state index in [2.05, 4.69) is 18.9 Å². The van der Waals surface area contributed by atoms with Crippen molar-refractivity contribution < 1.29 is 0 Å². The summed E-state index contributed by atoms with van der Waals surface area (Å²) in [5, 5.41) is 0. The van der Waals surface area contributed by atoms with Crippen LogP contribution in [0.1, 0.15) is 51.9 Å². The summed E-state index contributed by atoms with van der Waals surface area (Å²) < 4.78 is 0. The molecule has 82 valence electrons. The van der Waals surface area contributed by atoms with Crippen molar-refractivity contribution in [2.75, 3.05) is 20.1 Å². The third kappa shape index (κ3) is 2.13. The Morgan fingerprint density at radius 2 is 1.79 bits per heavy atom. The van der Waals surface area contributed by atoms with Gasteiger partial charge in [-0.1, -0.05) is 13.3 Å². The van der Waals surface area contributed by atoms with Crippen LogP contribution in [0.4, 0.5) is 0 Å². The Bertz CT molecular complexity index is 174. The monoisotopic (exact) mass is 195 g/mol. The lowest BCUT2D eigenvalue weighted by Crippen LogP contribution is -2.36. The van der Waals surface area contributed by atoms with Crippen LogP contribution in [0, 0.1) is 11.3 Å². The van der Waals surface area contributed by atoms with Gasteiger partial charge in [0, 0.05) is 6.54 Å². The lowest BCUT2D eigenvalue weighted by atomic mass is 9.59. The van der Waals surface area contributed by atoms with Gasteiger partial charge in [-0.3, -0.25) is 0 Å². The van der Waals surface area contributed by atoms with Gasteiger partial charge in [0.15, 0.2) is 0 Å². The van der Waals surface area contributed by atoms with Crippen LogP contribution in [0.2, 0.25) is 0 Å². The molecule has 0 bridgehead atoms. The summed E-state index contributed by atoms with van der Waals surface area (Å²) in [6.07, 6.45) is 10.7. The Hall–Kier alpha value is -0.0400. The summed E-state index contributed by atoms with van der Waals surface area (Å²) in [5.41, 5.74) is 0.848. The molecule has 0 radical (unpaired) electrons. The Kier molecular flexibility index (Phi) is 3.16. The zero-order valence-electron chi connectivity index (χ0n) is 9.89. The third-order valence-electron chi connectivity index (χ3n) is 4.69. The highest BCUT2D eigenvalue weighted by Gasteiger charge is 2.39. The molecule has 2 aliphatic rings. The zero-order chi connectivity index (χ0) is 10.0. The predicted molar refractivity (Wildman–Crippen MR) is 61.4 cm³/mol. The summed E-state index contributed by atoms with van der Waals surface area (Å²) >= 11 is 0. The Morgan fingerprint density at radius 1 is 1.14 bits per heavy atom. The standard InChI is InChI=1S/C13H25N/c1-3-14(2)11-12-5-9-13(10-6-12)7-4-8-13/h12H,3-11H2,1-2H3. The first-order valence-electron chi connectivity index (χ1n) is 6.43. The van der Waals surface area contributed by atoms with E-state index in [1.807, 2.05) is 0 Å². The molecule has 1 nitrogen and oxygen atoms in total. The maximum absolute atomic E-state index is 2.48. The van der Waals surface area contributed by atoms with Crippen molar-refractivity contribution in [1.29, 1.82) is 0 Å². The molecule has 0 saturated heterocycles. The van der Waals surface area contributed by atoms with E-state index in [0.29, 0.717) is 0 Å². The summed E-state index contributed by atoms with van der Waals surface area (Å²) in [5.74, 6) is 1.01. The van der Waals surface area contributed by atoms with Crippen molar-refractivity contribution in [3.05, 3.63) is 0 Å². The van der Waals surface area contributed by atoms with Gasteiger partial charge in [-0.05, 0) is 63.5 Å². The first-order valence-corrected chi connectivity index (χ1v) is 6.43. The van der Waals surface area contributed by atoms with Crippen LogP contribution in [-0.2, 0) is 0 Å². The van der Waals surface area contributed by atoms with Crippen LogP contribution < -0.4 is 0 Å². The minimum Gasteiger partial charge on any atom is -0.306 e. The molecule has 0 unspecified atom stereocenters. The fourth-order valence-corrected chi connectivity index (χ4v) is 3.22. The van der Waals surface area contributed by atoms with Crippen molar-refractivity contribution in [3.63, 3.8) is 0 Å². The van der Waals surface area contributed by atoms with E-state index in [9.17, 15) is 0 Å². The first-order chi connectivity index (χ1) is 6.74. The quantitative estimate of drug-likeness (QED) is 0.668. The highest BCUT2D eigenvalue weighted by molar-refractivity contribution is 4.92. The topological polar surface area (TPSA) is 3.24 Å². The van der Waals surface area contributed by atoms with Crippen molar-refractivity contribution in [1.82, 2.24) is 4.90 Å². The van der Waals surface area contributed by atoms with E-state index in [4.69, 9.17) is 0 Å². The second kappa shape index (κ2) is 4.22. The molecule has 0 amide bonds. The van der Waals surface area contributed by atoms with Crippen LogP contribution in [0.5, 0.6) is 0 Å². The minimum atomic E-state index is 0.848. The molecular weight excluding hydrogens is 170 g/mol. The summed E-state index contributed by atoms with van der Waals surface area (Å²) in [7, 11) is 2.26. The molecule has 0 heterocycles. The van der Waals surface area contributed by atoms with E-state index >= 15 is 0 Å². The Balaban J connectivity index is 1.73. The SMILES string of the molecule is CCN(C)CC1CCC2(CCC2)CC1. The van der Waals surface area contributed by atoms with Crippen LogP contribution in [0.25, 0.3) is 0 Å². The lowest BCUT2D eigenvalue weighted by Gasteiger charge is -2.47. The second-order valence-electron chi connectivity index (χ2n) is 5.65. The van der Waals surface area contributed by atoms with Crippen molar-refractivity contribution in [3.8, 4) is 0 Å². The van der Waals surface area contributed by atoms with Gasteiger partial charge in [-0.2, -0.15) is 0 Å². The van der Waals surface area contributed by atoms with Gasteiger partial charge in [-0.15, -0.1) is 0 Å². The van der Waals surface area contributed by atoms with Gasteiger partial charge in [0.25, 0.3) is 0 Å². The second-order valence-corrected chi connectivity index (χ2v) is 5.65. The molecule has 2 aliphatic carbocycles. The van der Waals surface area contributed by atoms with Gasteiger partial charge in [0.05, 0.1) is 0 Å². The number of nitrogens with zero attached hydrogens (tertiary/aromatic N) is 1. The van der Waals surface area contributed by atoms with Gasteiger partial charge in [0.2, 0.25) is 0 Å². The normalized spacial score (nSPS) is 26.8. The average molecular weight is 195 g/mol. The van der Waals surface area contributed by atoms with E-state index in [1.165, 1.54) is 45.2 Å². The summed E-state index contributed by atoms with van der Waals surface area (Å²) in [6, 6.07) is 0. The smallest absolute Gasteiger partial charge is 0.000650 e. The highest BCUT2D eigenvalue weighted by atomic mass is 15.1. The first kappa shape index (κ1) is 10.5. The Morgan fingerprint density at radius 3 is 2.21 bits per heavy atom. The van der Waals surface area contributed by atoms with E-state index < -0.39 is 0 Å². The van der Waals surface area contributed by atoms with Crippen LogP contribution in [0.3, 0.4) is 0 Å². The van der Waals surface area contributed by atoms with E-state index in [1.54, 1.807) is 12.8 Å². The molecule has 2 rings (SSSR count). The molecule has 0 N–H and O–H groups in total. The maximum atomic E-state index is 2.48. The van der Waals surface area contributed by atoms with E-state index in [-0.39, 0.29) is 0 Å². The van der Waals surface area contributed by atoms with Gasteiger partial charge < -0.3 is 4.90 Å². The molecule has 1 heteroatoms. The van der Waals surface area contributed by atoms with Crippen LogP contribution in [0.15, 0.2) is 0 Å². The lowest BCUT2D eigenvalue weighted by molar-refractivity contribution is 0.0481. The molecule has 2 fully saturated rings. The van der Waals surface area contributed by atoms with Crippen molar-refractivity contribution in [2.45, 2.75) is 51.9 Å². The fraction of sp³-hybridized carbons (Fsp3) is 1.00. The number of hydrogen-bond donors (Lipinski definition) is 0. The largest absolute Gasteiger partial charge is 0.306 e. The molecule has 0 aromatic carbocycles. The van der Waals surface area contributed by atoms with Crippen LogP contribution in [-0.4, -0.2) is 25.0 Å². The molecule has 0 atom stereocenters. The Labute approximate surface area is 88.9 Å². The molecular formula is C13H25N.